The van der Waals surface area contributed by atoms with Crippen LogP contribution in [-0.4, -0.2) is 12.4 Å². The van der Waals surface area contributed by atoms with Gasteiger partial charge in [-0.25, -0.2) is 0 Å². The van der Waals surface area contributed by atoms with Gasteiger partial charge in [0, 0.05) is 0 Å². The third kappa shape index (κ3) is 1.67. The molecule has 0 radical (unpaired) electrons. The summed E-state index contributed by atoms with van der Waals surface area (Å²) in [7, 11) is 0. The van der Waals surface area contributed by atoms with E-state index in [2.05, 4.69) is 0 Å². The normalized spacial score (nSPS) is 33.5. The lowest BCUT2D eigenvalue weighted by molar-refractivity contribution is -0.354. The molecular formula is C11H12F6. The Labute approximate surface area is 94.7 Å². The van der Waals surface area contributed by atoms with Crippen LogP contribution in [0.5, 0.6) is 0 Å². The maximum absolute atomic E-state index is 12.8. The molecule has 2 aliphatic carbocycles. The quantitative estimate of drug-likeness (QED) is 0.485. The van der Waals surface area contributed by atoms with Crippen LogP contribution in [0.15, 0.2) is 12.2 Å². The van der Waals surface area contributed by atoms with Gasteiger partial charge in [-0.2, -0.15) is 26.3 Å². The molecule has 1 saturated carbocycles. The highest BCUT2D eigenvalue weighted by Crippen LogP contribution is 2.62. The average Bonchev–Trinajstić information content (AvgIpc) is 2.73. The van der Waals surface area contributed by atoms with Crippen LogP contribution in [0.3, 0.4) is 0 Å². The van der Waals surface area contributed by atoms with Crippen molar-refractivity contribution in [2.45, 2.75) is 32.1 Å². The van der Waals surface area contributed by atoms with Gasteiger partial charge in [-0.1, -0.05) is 12.2 Å². The second kappa shape index (κ2) is 3.42. The van der Waals surface area contributed by atoms with E-state index in [0.29, 0.717) is 13.3 Å². The Morgan fingerprint density at radius 3 is 1.71 bits per heavy atom. The van der Waals surface area contributed by atoms with E-state index in [0.717, 1.165) is 0 Å². The second-order valence-electron chi connectivity index (χ2n) is 5.08. The zero-order chi connectivity index (χ0) is 13.1. The monoisotopic (exact) mass is 258 g/mol. The van der Waals surface area contributed by atoms with Crippen LogP contribution in [-0.2, 0) is 0 Å². The van der Waals surface area contributed by atoms with Crippen molar-refractivity contribution < 1.29 is 26.3 Å². The zero-order valence-corrected chi connectivity index (χ0v) is 9.07. The lowest BCUT2D eigenvalue weighted by Crippen LogP contribution is -2.53. The van der Waals surface area contributed by atoms with Gasteiger partial charge in [0.05, 0.1) is 0 Å². The molecule has 0 aromatic rings. The molecule has 0 aromatic heterocycles. The van der Waals surface area contributed by atoms with Gasteiger partial charge in [-0.05, 0) is 37.5 Å². The van der Waals surface area contributed by atoms with Gasteiger partial charge in [0.1, 0.15) is 0 Å². The minimum absolute atomic E-state index is 0.0172. The van der Waals surface area contributed by atoms with E-state index in [-0.39, 0.29) is 12.3 Å². The standard InChI is InChI=1S/C11H12F6/c1-9(10(12,13)14,11(15,16)17)8-5-6-2-3-7(8)4-6/h2-3,6-8H,4-5H2,1H3. The summed E-state index contributed by atoms with van der Waals surface area (Å²) in [6.45, 7) is 0.298. The summed E-state index contributed by atoms with van der Waals surface area (Å²) in [5.74, 6) is -2.08. The van der Waals surface area contributed by atoms with Crippen molar-refractivity contribution in [1.29, 1.82) is 0 Å². The minimum atomic E-state index is -5.26. The smallest absolute Gasteiger partial charge is 0.170 e. The molecule has 3 atom stereocenters. The molecule has 3 unspecified atom stereocenters. The lowest BCUT2D eigenvalue weighted by Gasteiger charge is -2.41. The largest absolute Gasteiger partial charge is 0.403 e. The molecule has 2 rings (SSSR count). The lowest BCUT2D eigenvalue weighted by atomic mass is 9.69. The Kier molecular flexibility index (Phi) is 2.57. The highest BCUT2D eigenvalue weighted by atomic mass is 19.4. The summed E-state index contributed by atoms with van der Waals surface area (Å²) in [6.07, 6.45) is -6.87. The Hall–Kier alpha value is -0.680. The molecule has 0 heterocycles. The van der Waals surface area contributed by atoms with Crippen LogP contribution in [0.25, 0.3) is 0 Å². The predicted octanol–water partition coefficient (Wildman–Crippen LogP) is 4.33. The van der Waals surface area contributed by atoms with E-state index in [1.165, 1.54) is 6.08 Å². The summed E-state index contributed by atoms with van der Waals surface area (Å²) >= 11 is 0. The first-order valence-electron chi connectivity index (χ1n) is 5.39. The van der Waals surface area contributed by atoms with Gasteiger partial charge in [0.25, 0.3) is 0 Å². The highest BCUT2D eigenvalue weighted by Gasteiger charge is 2.72. The van der Waals surface area contributed by atoms with E-state index in [4.69, 9.17) is 0 Å². The van der Waals surface area contributed by atoms with E-state index < -0.39 is 29.6 Å². The maximum Gasteiger partial charge on any atom is 0.403 e. The molecule has 0 aliphatic heterocycles. The van der Waals surface area contributed by atoms with E-state index in [1.807, 2.05) is 0 Å². The third-order valence-corrected chi connectivity index (χ3v) is 4.20. The number of alkyl halides is 6. The molecule has 0 nitrogen and oxygen atoms in total. The summed E-state index contributed by atoms with van der Waals surface area (Å²) in [5.41, 5.74) is -3.59. The molecule has 2 aliphatic rings. The predicted molar refractivity (Wildman–Crippen MR) is 49.1 cm³/mol. The first-order valence-corrected chi connectivity index (χ1v) is 5.39. The van der Waals surface area contributed by atoms with E-state index in [9.17, 15) is 26.3 Å². The highest BCUT2D eigenvalue weighted by molar-refractivity contribution is 5.15. The fourth-order valence-corrected chi connectivity index (χ4v) is 3.03. The fraction of sp³-hybridized carbons (Fsp3) is 0.818. The molecule has 6 heteroatoms. The van der Waals surface area contributed by atoms with E-state index in [1.54, 1.807) is 6.08 Å². The molecular weight excluding hydrogens is 246 g/mol. The Morgan fingerprint density at radius 1 is 0.882 bits per heavy atom. The van der Waals surface area contributed by atoms with Gasteiger partial charge in [0.15, 0.2) is 5.41 Å². The summed E-state index contributed by atoms with van der Waals surface area (Å²) in [4.78, 5) is 0. The SMILES string of the molecule is CC(C1CC2C=CC1C2)(C(F)(F)F)C(F)(F)F. The second-order valence-corrected chi connectivity index (χ2v) is 5.08. The molecule has 0 amide bonds. The van der Waals surface area contributed by atoms with E-state index >= 15 is 0 Å². The van der Waals surface area contributed by atoms with Crippen molar-refractivity contribution in [1.82, 2.24) is 0 Å². The number of fused-ring (bicyclic) bond motifs is 2. The van der Waals surface area contributed by atoms with Crippen LogP contribution >= 0.6 is 0 Å². The fourth-order valence-electron chi connectivity index (χ4n) is 3.03. The molecule has 0 saturated heterocycles. The Morgan fingerprint density at radius 2 is 1.41 bits per heavy atom. The molecule has 17 heavy (non-hydrogen) atoms. The number of rotatable bonds is 1. The molecule has 0 aromatic carbocycles. The molecule has 0 spiro atoms. The van der Waals surface area contributed by atoms with Crippen LogP contribution < -0.4 is 0 Å². The minimum Gasteiger partial charge on any atom is -0.170 e. The first-order chi connectivity index (χ1) is 7.57. The Bertz CT molecular complexity index is 323. The van der Waals surface area contributed by atoms with Crippen molar-refractivity contribution in [2.75, 3.05) is 0 Å². The van der Waals surface area contributed by atoms with Crippen LogP contribution in [0.1, 0.15) is 19.8 Å². The molecule has 98 valence electrons. The summed E-state index contributed by atoms with van der Waals surface area (Å²) in [6, 6.07) is 0. The van der Waals surface area contributed by atoms with Crippen molar-refractivity contribution >= 4 is 0 Å². The number of hydrogen-bond acceptors (Lipinski definition) is 0. The number of hydrogen-bond donors (Lipinski definition) is 0. The average molecular weight is 258 g/mol. The molecule has 1 fully saturated rings. The van der Waals surface area contributed by atoms with Gasteiger partial charge in [-0.15, -0.1) is 0 Å². The third-order valence-electron chi connectivity index (χ3n) is 4.20. The van der Waals surface area contributed by atoms with Gasteiger partial charge in [0.2, 0.25) is 0 Å². The topological polar surface area (TPSA) is 0 Å². The first kappa shape index (κ1) is 12.8. The number of allylic oxidation sites excluding steroid dienone is 2. The number of halogens is 6. The van der Waals surface area contributed by atoms with Crippen LogP contribution in [0, 0.1) is 23.2 Å². The van der Waals surface area contributed by atoms with Gasteiger partial charge >= 0.3 is 12.4 Å². The van der Waals surface area contributed by atoms with Gasteiger partial charge in [-0.3, -0.25) is 0 Å². The van der Waals surface area contributed by atoms with Crippen LogP contribution in [0.4, 0.5) is 26.3 Å². The van der Waals surface area contributed by atoms with Crippen molar-refractivity contribution in [3.05, 3.63) is 12.2 Å². The zero-order valence-electron chi connectivity index (χ0n) is 9.07. The van der Waals surface area contributed by atoms with Crippen molar-refractivity contribution in [3.8, 4) is 0 Å². The van der Waals surface area contributed by atoms with Gasteiger partial charge < -0.3 is 0 Å². The Balaban J connectivity index is 2.39. The molecule has 0 N–H and O–H groups in total. The van der Waals surface area contributed by atoms with Crippen molar-refractivity contribution in [2.24, 2.45) is 23.2 Å². The van der Waals surface area contributed by atoms with Crippen LogP contribution in [0.2, 0.25) is 0 Å². The summed E-state index contributed by atoms with van der Waals surface area (Å²) < 4.78 is 77.0. The maximum atomic E-state index is 12.8. The summed E-state index contributed by atoms with van der Waals surface area (Å²) in [5, 5.41) is 0. The molecule has 2 bridgehead atoms. The van der Waals surface area contributed by atoms with Crippen molar-refractivity contribution in [3.63, 3.8) is 0 Å².